The molecule has 1 saturated heterocycles. The number of halogens is 1. The molecule has 31 heavy (non-hydrogen) atoms. The Kier molecular flexibility index (Phi) is 8.14. The molecule has 0 spiro atoms. The molecular weight excluding hydrogens is 438 g/mol. The standard InChI is InChI=1S/C23H22ClNO5S/c1-2-3-11-29-21(26)14-25-22(27)20(31-23(25)28)13-16-7-6-9-18(12-16)30-15-17-8-4-5-10-19(17)24/h4-10,12-13H,2-3,11,14-15H2,1H3/b20-13+. The summed E-state index contributed by atoms with van der Waals surface area (Å²) < 4.78 is 10.8. The predicted octanol–water partition coefficient (Wildman–Crippen LogP) is 5.30. The quantitative estimate of drug-likeness (QED) is 0.288. The second kappa shape index (κ2) is 11.0. The Morgan fingerprint density at radius 1 is 1.16 bits per heavy atom. The number of thioether (sulfide) groups is 1. The number of nitrogens with zero attached hydrogens (tertiary/aromatic N) is 1. The second-order valence-electron chi connectivity index (χ2n) is 6.79. The molecule has 3 rings (SSSR count). The Morgan fingerprint density at radius 3 is 2.74 bits per heavy atom. The molecule has 1 heterocycles. The van der Waals surface area contributed by atoms with Crippen LogP contribution < -0.4 is 4.74 Å². The summed E-state index contributed by atoms with van der Waals surface area (Å²) in [6.45, 7) is 2.18. The first-order valence-electron chi connectivity index (χ1n) is 9.85. The first-order valence-corrected chi connectivity index (χ1v) is 11.0. The van der Waals surface area contributed by atoms with E-state index in [1.54, 1.807) is 36.4 Å². The van der Waals surface area contributed by atoms with Crippen molar-refractivity contribution in [3.63, 3.8) is 0 Å². The molecule has 1 aliphatic heterocycles. The predicted molar refractivity (Wildman–Crippen MR) is 121 cm³/mol. The van der Waals surface area contributed by atoms with E-state index in [2.05, 4.69) is 0 Å². The summed E-state index contributed by atoms with van der Waals surface area (Å²) in [5.41, 5.74) is 1.56. The van der Waals surface area contributed by atoms with Gasteiger partial charge in [-0.05, 0) is 48.0 Å². The van der Waals surface area contributed by atoms with Crippen molar-refractivity contribution >= 4 is 46.6 Å². The lowest BCUT2D eigenvalue weighted by molar-refractivity contribution is -0.146. The molecular formula is C23H22ClNO5S. The third-order valence-electron chi connectivity index (χ3n) is 4.43. The van der Waals surface area contributed by atoms with Crippen molar-refractivity contribution in [2.45, 2.75) is 26.4 Å². The summed E-state index contributed by atoms with van der Waals surface area (Å²) in [7, 11) is 0. The zero-order chi connectivity index (χ0) is 22.2. The Balaban J connectivity index is 1.64. The van der Waals surface area contributed by atoms with Gasteiger partial charge in [0.1, 0.15) is 18.9 Å². The highest BCUT2D eigenvalue weighted by molar-refractivity contribution is 8.18. The van der Waals surface area contributed by atoms with E-state index in [0.29, 0.717) is 22.9 Å². The fourth-order valence-corrected chi connectivity index (χ4v) is 3.79. The number of hydrogen-bond donors (Lipinski definition) is 0. The van der Waals surface area contributed by atoms with Crippen molar-refractivity contribution in [2.75, 3.05) is 13.2 Å². The molecule has 0 unspecified atom stereocenters. The van der Waals surface area contributed by atoms with Crippen LogP contribution in [0.2, 0.25) is 5.02 Å². The zero-order valence-corrected chi connectivity index (χ0v) is 18.6. The van der Waals surface area contributed by atoms with E-state index >= 15 is 0 Å². The van der Waals surface area contributed by atoms with E-state index < -0.39 is 17.1 Å². The van der Waals surface area contributed by atoms with Crippen LogP contribution in [0.1, 0.15) is 30.9 Å². The van der Waals surface area contributed by atoms with Gasteiger partial charge in [-0.15, -0.1) is 0 Å². The van der Waals surface area contributed by atoms with Gasteiger partial charge in [0.2, 0.25) is 0 Å². The molecule has 0 bridgehead atoms. The maximum absolute atomic E-state index is 12.6. The van der Waals surface area contributed by atoms with Crippen molar-refractivity contribution in [1.29, 1.82) is 0 Å². The highest BCUT2D eigenvalue weighted by Crippen LogP contribution is 2.32. The molecule has 2 aromatic carbocycles. The Morgan fingerprint density at radius 2 is 1.97 bits per heavy atom. The summed E-state index contributed by atoms with van der Waals surface area (Å²) in [5.74, 6) is -0.496. The Hall–Kier alpha value is -2.77. The minimum Gasteiger partial charge on any atom is -0.489 e. The zero-order valence-electron chi connectivity index (χ0n) is 17.0. The number of carbonyl (C=O) groups excluding carboxylic acids is 3. The number of hydrogen-bond acceptors (Lipinski definition) is 6. The molecule has 1 aliphatic rings. The van der Waals surface area contributed by atoms with Crippen LogP contribution in [-0.2, 0) is 20.9 Å². The van der Waals surface area contributed by atoms with Gasteiger partial charge >= 0.3 is 5.97 Å². The van der Waals surface area contributed by atoms with E-state index in [1.807, 2.05) is 25.1 Å². The lowest BCUT2D eigenvalue weighted by Crippen LogP contribution is -2.34. The molecule has 0 saturated carbocycles. The maximum atomic E-state index is 12.6. The number of imide groups is 1. The average molecular weight is 460 g/mol. The number of benzene rings is 2. The minimum atomic E-state index is -0.591. The number of esters is 1. The van der Waals surface area contributed by atoms with E-state index in [4.69, 9.17) is 21.1 Å². The van der Waals surface area contributed by atoms with Crippen molar-refractivity contribution in [3.8, 4) is 5.75 Å². The number of unbranched alkanes of at least 4 members (excludes halogenated alkanes) is 1. The molecule has 1 fully saturated rings. The van der Waals surface area contributed by atoms with E-state index in [0.717, 1.165) is 35.1 Å². The summed E-state index contributed by atoms with van der Waals surface area (Å²) in [6.07, 6.45) is 3.23. The van der Waals surface area contributed by atoms with Crippen LogP contribution in [0.25, 0.3) is 6.08 Å². The van der Waals surface area contributed by atoms with Gasteiger partial charge in [0, 0.05) is 10.6 Å². The molecule has 0 N–H and O–H groups in total. The molecule has 2 aromatic rings. The van der Waals surface area contributed by atoms with E-state index in [9.17, 15) is 14.4 Å². The number of amides is 2. The first kappa shape index (κ1) is 22.9. The van der Waals surface area contributed by atoms with Crippen molar-refractivity contribution < 1.29 is 23.9 Å². The Labute approximate surface area is 190 Å². The summed E-state index contributed by atoms with van der Waals surface area (Å²) in [5, 5.41) is 0.135. The maximum Gasteiger partial charge on any atom is 0.326 e. The average Bonchev–Trinajstić information content (AvgIpc) is 3.01. The monoisotopic (exact) mass is 459 g/mol. The summed E-state index contributed by atoms with van der Waals surface area (Å²) in [6, 6.07) is 14.6. The van der Waals surface area contributed by atoms with Crippen molar-refractivity contribution in [1.82, 2.24) is 4.90 Å². The number of carbonyl (C=O) groups is 3. The van der Waals surface area contributed by atoms with Gasteiger partial charge in [0.25, 0.3) is 11.1 Å². The molecule has 162 valence electrons. The highest BCUT2D eigenvalue weighted by atomic mass is 35.5. The molecule has 2 amide bonds. The summed E-state index contributed by atoms with van der Waals surface area (Å²) in [4.78, 5) is 37.8. The molecule has 0 aliphatic carbocycles. The first-order chi connectivity index (χ1) is 15.0. The van der Waals surface area contributed by atoms with Gasteiger partial charge in [-0.1, -0.05) is 55.3 Å². The van der Waals surface area contributed by atoms with Gasteiger partial charge in [0.15, 0.2) is 0 Å². The topological polar surface area (TPSA) is 72.9 Å². The van der Waals surface area contributed by atoms with Gasteiger partial charge in [0.05, 0.1) is 11.5 Å². The second-order valence-corrected chi connectivity index (χ2v) is 8.19. The van der Waals surface area contributed by atoms with Gasteiger partial charge < -0.3 is 9.47 Å². The molecule has 8 heteroatoms. The smallest absolute Gasteiger partial charge is 0.326 e. The minimum absolute atomic E-state index is 0.245. The summed E-state index contributed by atoms with van der Waals surface area (Å²) >= 11 is 6.95. The van der Waals surface area contributed by atoms with Crippen LogP contribution in [0, 0.1) is 0 Å². The molecule has 0 atom stereocenters. The lowest BCUT2D eigenvalue weighted by Gasteiger charge is -2.11. The third kappa shape index (κ3) is 6.35. The van der Waals surface area contributed by atoms with Gasteiger partial charge in [-0.3, -0.25) is 19.3 Å². The number of ether oxygens (including phenoxy) is 2. The van der Waals surface area contributed by atoms with Crippen LogP contribution in [0.3, 0.4) is 0 Å². The SMILES string of the molecule is CCCCOC(=O)CN1C(=O)S/C(=C/c2cccc(OCc3ccccc3Cl)c2)C1=O. The van der Waals surface area contributed by atoms with Crippen LogP contribution in [0.5, 0.6) is 5.75 Å². The van der Waals surface area contributed by atoms with Crippen LogP contribution in [-0.4, -0.2) is 35.2 Å². The third-order valence-corrected chi connectivity index (χ3v) is 5.71. The van der Waals surface area contributed by atoms with Gasteiger partial charge in [-0.2, -0.15) is 0 Å². The van der Waals surface area contributed by atoms with Crippen LogP contribution in [0.15, 0.2) is 53.4 Å². The number of rotatable bonds is 9. The van der Waals surface area contributed by atoms with Crippen molar-refractivity contribution in [2.24, 2.45) is 0 Å². The van der Waals surface area contributed by atoms with E-state index in [-0.39, 0.29) is 18.1 Å². The van der Waals surface area contributed by atoms with Gasteiger partial charge in [-0.25, -0.2) is 0 Å². The molecule has 6 nitrogen and oxygen atoms in total. The van der Waals surface area contributed by atoms with E-state index in [1.165, 1.54) is 0 Å². The lowest BCUT2D eigenvalue weighted by atomic mass is 10.2. The fourth-order valence-electron chi connectivity index (χ4n) is 2.76. The fraction of sp³-hybridized carbons (Fsp3) is 0.261. The Bertz CT molecular complexity index is 1010. The normalized spacial score (nSPS) is 14.9. The largest absolute Gasteiger partial charge is 0.489 e. The van der Waals surface area contributed by atoms with Crippen LogP contribution >= 0.6 is 23.4 Å². The van der Waals surface area contributed by atoms with Crippen LogP contribution in [0.4, 0.5) is 4.79 Å². The highest BCUT2D eigenvalue weighted by Gasteiger charge is 2.36. The molecule has 0 radical (unpaired) electrons. The molecule has 0 aromatic heterocycles. The van der Waals surface area contributed by atoms with Crippen molar-refractivity contribution in [3.05, 3.63) is 69.6 Å².